The van der Waals surface area contributed by atoms with E-state index in [1.165, 1.54) is 34.6 Å². The molecule has 0 fully saturated rings. The van der Waals surface area contributed by atoms with Crippen LogP contribution < -0.4 is 0 Å². The molecule has 0 saturated carbocycles. The van der Waals surface area contributed by atoms with E-state index < -0.39 is 21.2 Å². The lowest BCUT2D eigenvalue weighted by atomic mass is 9.91. The number of fused-ring (bicyclic) bond motifs is 2. The molecule has 0 saturated heterocycles. The highest BCUT2D eigenvalue weighted by Crippen LogP contribution is 2.35. The van der Waals surface area contributed by atoms with Crippen molar-refractivity contribution in [3.05, 3.63) is 51.8 Å². The molecule has 0 atom stereocenters. The van der Waals surface area contributed by atoms with E-state index in [1.54, 1.807) is 13.8 Å². The van der Waals surface area contributed by atoms with Crippen LogP contribution in [0.4, 0.5) is 0 Å². The van der Waals surface area contributed by atoms with E-state index in [-0.39, 0.29) is 17.3 Å². The minimum absolute atomic E-state index is 0.170. The molecule has 0 unspecified atom stereocenters. The Morgan fingerprint density at radius 3 is 2.21 bits per heavy atom. The summed E-state index contributed by atoms with van der Waals surface area (Å²) in [7, 11) is -3.87. The lowest BCUT2D eigenvalue weighted by molar-refractivity contribution is -0.116. The third-order valence-electron chi connectivity index (χ3n) is 5.91. The molecular weight excluding hydrogens is 376 g/mol. The SMILES string of the molecule is CC(C)(O)c1coc(S(=O)(=O)CC(=O)Cc2c3c(cc4c2CCC4)CCC3)c1. The third-order valence-corrected chi connectivity index (χ3v) is 7.44. The van der Waals surface area contributed by atoms with Gasteiger partial charge in [-0.15, -0.1) is 0 Å². The second-order valence-electron chi connectivity index (χ2n) is 8.53. The maximum absolute atomic E-state index is 12.7. The number of benzene rings is 1. The number of aryl methyl sites for hydroxylation is 2. The molecule has 150 valence electrons. The monoisotopic (exact) mass is 402 g/mol. The summed E-state index contributed by atoms with van der Waals surface area (Å²) in [6, 6.07) is 3.61. The van der Waals surface area contributed by atoms with E-state index in [0.29, 0.717) is 5.56 Å². The van der Waals surface area contributed by atoms with Crippen LogP contribution in [0.2, 0.25) is 0 Å². The van der Waals surface area contributed by atoms with Crippen LogP contribution in [0.1, 0.15) is 60.1 Å². The largest absolute Gasteiger partial charge is 0.453 e. The van der Waals surface area contributed by atoms with Gasteiger partial charge in [0.15, 0.2) is 5.78 Å². The van der Waals surface area contributed by atoms with Crippen molar-refractivity contribution in [1.82, 2.24) is 0 Å². The summed E-state index contributed by atoms with van der Waals surface area (Å²) in [5.74, 6) is -0.889. The molecule has 5 nitrogen and oxygen atoms in total. The zero-order valence-electron chi connectivity index (χ0n) is 16.4. The first-order chi connectivity index (χ1) is 13.1. The highest BCUT2D eigenvalue weighted by atomic mass is 32.2. The van der Waals surface area contributed by atoms with E-state index in [9.17, 15) is 18.3 Å². The van der Waals surface area contributed by atoms with Crippen LogP contribution in [0.5, 0.6) is 0 Å². The molecule has 4 rings (SSSR count). The minimum atomic E-state index is -3.87. The summed E-state index contributed by atoms with van der Waals surface area (Å²) in [4.78, 5) is 12.7. The first-order valence-electron chi connectivity index (χ1n) is 9.86. The van der Waals surface area contributed by atoms with Crippen LogP contribution in [0.15, 0.2) is 27.9 Å². The van der Waals surface area contributed by atoms with Crippen LogP contribution in [-0.2, 0) is 52.3 Å². The van der Waals surface area contributed by atoms with Gasteiger partial charge in [-0.25, -0.2) is 8.42 Å². The third kappa shape index (κ3) is 3.55. The van der Waals surface area contributed by atoms with Crippen LogP contribution >= 0.6 is 0 Å². The number of rotatable bonds is 6. The summed E-state index contributed by atoms with van der Waals surface area (Å²) in [5, 5.41) is 9.74. The first kappa shape index (κ1) is 19.4. The van der Waals surface area contributed by atoms with Gasteiger partial charge < -0.3 is 9.52 Å². The summed E-state index contributed by atoms with van der Waals surface area (Å²) >= 11 is 0. The first-order valence-corrected chi connectivity index (χ1v) is 11.5. The van der Waals surface area contributed by atoms with E-state index in [2.05, 4.69) is 6.07 Å². The van der Waals surface area contributed by atoms with E-state index in [4.69, 9.17) is 4.42 Å². The predicted octanol–water partition coefficient (Wildman–Crippen LogP) is 3.07. The summed E-state index contributed by atoms with van der Waals surface area (Å²) < 4.78 is 30.4. The number of furan rings is 1. The fourth-order valence-corrected chi connectivity index (χ4v) is 5.65. The van der Waals surface area contributed by atoms with Crippen LogP contribution in [0.3, 0.4) is 0 Å². The van der Waals surface area contributed by atoms with Gasteiger partial charge >= 0.3 is 0 Å². The maximum Gasteiger partial charge on any atom is 0.218 e. The van der Waals surface area contributed by atoms with Crippen molar-refractivity contribution in [3.63, 3.8) is 0 Å². The zero-order valence-corrected chi connectivity index (χ0v) is 17.2. The number of carbonyl (C=O) groups is 1. The van der Waals surface area contributed by atoms with Crippen molar-refractivity contribution in [2.75, 3.05) is 5.75 Å². The molecule has 0 radical (unpaired) electrons. The van der Waals surface area contributed by atoms with Crippen LogP contribution in [0, 0.1) is 0 Å². The molecule has 2 aliphatic rings. The Balaban J connectivity index is 1.56. The summed E-state index contributed by atoms with van der Waals surface area (Å²) in [5.41, 5.74) is 5.48. The van der Waals surface area contributed by atoms with Crippen molar-refractivity contribution in [2.24, 2.45) is 0 Å². The molecule has 0 amide bonds. The van der Waals surface area contributed by atoms with Crippen molar-refractivity contribution < 1.29 is 22.7 Å². The second-order valence-corrected chi connectivity index (χ2v) is 10.4. The molecule has 6 heteroatoms. The molecule has 2 aliphatic carbocycles. The number of sulfone groups is 1. The fourth-order valence-electron chi connectivity index (χ4n) is 4.48. The summed E-state index contributed by atoms with van der Waals surface area (Å²) in [6.45, 7) is 3.10. The van der Waals surface area contributed by atoms with Gasteiger partial charge in [0.2, 0.25) is 14.9 Å². The van der Waals surface area contributed by atoms with E-state index >= 15 is 0 Å². The molecule has 0 aliphatic heterocycles. The van der Waals surface area contributed by atoms with E-state index in [1.807, 2.05) is 0 Å². The molecule has 0 bridgehead atoms. The topological polar surface area (TPSA) is 84.6 Å². The highest BCUT2D eigenvalue weighted by Gasteiger charge is 2.29. The van der Waals surface area contributed by atoms with Crippen LogP contribution in [-0.4, -0.2) is 25.1 Å². The molecule has 1 heterocycles. The Bertz CT molecular complexity index is 1010. The number of hydrogen-bond donors (Lipinski definition) is 1. The number of Topliss-reactive ketones (excluding diaryl/α,β-unsaturated/α-hetero) is 1. The maximum atomic E-state index is 12.7. The Kier molecular flexibility index (Phi) is 4.74. The molecule has 1 aromatic carbocycles. The molecule has 1 aromatic heterocycles. The molecule has 2 aromatic rings. The van der Waals surface area contributed by atoms with Gasteiger partial charge in [-0.2, -0.15) is 0 Å². The normalized spacial score (nSPS) is 16.2. The zero-order chi connectivity index (χ0) is 20.1. The smallest absolute Gasteiger partial charge is 0.218 e. The van der Waals surface area contributed by atoms with Gasteiger partial charge in [0.1, 0.15) is 5.75 Å². The Morgan fingerprint density at radius 1 is 1.07 bits per heavy atom. The van der Waals surface area contributed by atoms with Crippen molar-refractivity contribution in [1.29, 1.82) is 0 Å². The lowest BCUT2D eigenvalue weighted by Crippen LogP contribution is -2.19. The Hall–Kier alpha value is -1.92. The highest BCUT2D eigenvalue weighted by molar-refractivity contribution is 7.92. The molecular formula is C22H26O5S. The van der Waals surface area contributed by atoms with Gasteiger partial charge in [0, 0.05) is 18.1 Å². The van der Waals surface area contributed by atoms with Crippen molar-refractivity contribution >= 4 is 15.6 Å². The lowest BCUT2D eigenvalue weighted by Gasteiger charge is -2.14. The second kappa shape index (κ2) is 6.85. The number of carbonyl (C=O) groups excluding carboxylic acids is 1. The number of aliphatic hydroxyl groups is 1. The average Bonchev–Trinajstić information content (AvgIpc) is 3.33. The Labute approximate surface area is 165 Å². The van der Waals surface area contributed by atoms with Gasteiger partial charge in [-0.3, -0.25) is 4.79 Å². The predicted molar refractivity (Wildman–Crippen MR) is 105 cm³/mol. The fraction of sp³-hybridized carbons (Fsp3) is 0.500. The van der Waals surface area contributed by atoms with E-state index in [0.717, 1.165) is 44.1 Å². The molecule has 0 spiro atoms. The average molecular weight is 403 g/mol. The van der Waals surface area contributed by atoms with Gasteiger partial charge in [0.25, 0.3) is 0 Å². The number of ketones is 1. The van der Waals surface area contributed by atoms with Gasteiger partial charge in [0.05, 0.1) is 11.9 Å². The minimum Gasteiger partial charge on any atom is -0.453 e. The summed E-state index contributed by atoms with van der Waals surface area (Å²) in [6.07, 6.45) is 7.66. The Morgan fingerprint density at radius 2 is 1.68 bits per heavy atom. The number of hydrogen-bond acceptors (Lipinski definition) is 5. The van der Waals surface area contributed by atoms with Gasteiger partial charge in [-0.05, 0) is 80.2 Å². The van der Waals surface area contributed by atoms with Crippen LogP contribution in [0.25, 0.3) is 0 Å². The quantitative estimate of drug-likeness (QED) is 0.803. The molecule has 28 heavy (non-hydrogen) atoms. The molecule has 1 N–H and O–H groups in total. The van der Waals surface area contributed by atoms with Crippen molar-refractivity contribution in [3.8, 4) is 0 Å². The van der Waals surface area contributed by atoms with Gasteiger partial charge in [-0.1, -0.05) is 6.07 Å². The standard InChI is InChI=1S/C22H26O5S/c1-22(2,24)16-10-21(27-12-16)28(25,26)13-17(23)11-20-18-7-3-5-14(18)9-15-6-4-8-19(15)20/h9-10,12,24H,3-8,11,13H2,1-2H3. The van der Waals surface area contributed by atoms with Crippen molar-refractivity contribution in [2.45, 2.75) is 69.5 Å².